The maximum absolute atomic E-state index is 12.7. The molecule has 3 aromatic rings. The number of nitrogens with zero attached hydrogens (tertiary/aromatic N) is 2. The third-order valence-electron chi connectivity index (χ3n) is 4.17. The van der Waals surface area contributed by atoms with E-state index in [-0.39, 0.29) is 11.9 Å². The molecule has 2 aromatic carbocycles. The average molecular weight is 351 g/mol. The summed E-state index contributed by atoms with van der Waals surface area (Å²) in [7, 11) is 3.10. The van der Waals surface area contributed by atoms with Crippen molar-refractivity contribution in [1.82, 2.24) is 14.9 Å². The van der Waals surface area contributed by atoms with Gasteiger partial charge in [0.1, 0.15) is 11.5 Å². The van der Waals surface area contributed by atoms with E-state index in [0.717, 1.165) is 11.3 Å². The highest BCUT2D eigenvalue weighted by molar-refractivity contribution is 5.97. The summed E-state index contributed by atoms with van der Waals surface area (Å²) in [4.78, 5) is 16.8. The normalized spacial score (nSPS) is 11.7. The van der Waals surface area contributed by atoms with Crippen molar-refractivity contribution in [3.05, 3.63) is 72.3 Å². The molecule has 26 heavy (non-hydrogen) atoms. The third-order valence-corrected chi connectivity index (χ3v) is 4.17. The number of rotatable bonds is 6. The van der Waals surface area contributed by atoms with Crippen molar-refractivity contribution in [2.45, 2.75) is 13.0 Å². The number of benzene rings is 2. The number of hydrogen-bond donors (Lipinski definition) is 1. The summed E-state index contributed by atoms with van der Waals surface area (Å²) < 4.78 is 12.4. The van der Waals surface area contributed by atoms with Crippen LogP contribution in [0.25, 0.3) is 5.69 Å². The average Bonchev–Trinajstić information content (AvgIpc) is 3.22. The van der Waals surface area contributed by atoms with Gasteiger partial charge in [-0.3, -0.25) is 4.79 Å². The fraction of sp³-hybridized carbons (Fsp3) is 0.200. The molecular weight excluding hydrogens is 330 g/mol. The van der Waals surface area contributed by atoms with E-state index in [0.29, 0.717) is 17.1 Å². The van der Waals surface area contributed by atoms with Gasteiger partial charge in [-0.15, -0.1) is 0 Å². The van der Waals surface area contributed by atoms with Crippen molar-refractivity contribution in [1.29, 1.82) is 0 Å². The van der Waals surface area contributed by atoms with Crippen LogP contribution in [0.4, 0.5) is 0 Å². The molecule has 1 amide bonds. The van der Waals surface area contributed by atoms with E-state index in [1.54, 1.807) is 37.8 Å². The molecule has 134 valence electrons. The van der Waals surface area contributed by atoms with Gasteiger partial charge in [0.2, 0.25) is 0 Å². The summed E-state index contributed by atoms with van der Waals surface area (Å²) in [6.45, 7) is 1.94. The number of aromatic nitrogens is 2. The van der Waals surface area contributed by atoms with Gasteiger partial charge >= 0.3 is 0 Å². The highest BCUT2D eigenvalue weighted by atomic mass is 16.5. The van der Waals surface area contributed by atoms with Gasteiger partial charge in [0.25, 0.3) is 5.91 Å². The van der Waals surface area contributed by atoms with Gasteiger partial charge in [-0.25, -0.2) is 4.98 Å². The smallest absolute Gasteiger partial charge is 0.255 e. The molecule has 1 atom stereocenters. The largest absolute Gasteiger partial charge is 0.497 e. The molecule has 1 aromatic heterocycles. The van der Waals surface area contributed by atoms with Crippen molar-refractivity contribution in [2.24, 2.45) is 0 Å². The standard InChI is InChI=1S/C20H21N3O3/c1-14(15-5-4-6-16(11-15)23-10-9-21-13-23)22-20(24)18-12-17(25-2)7-8-19(18)26-3/h4-14H,1-3H3,(H,22,24). The molecule has 0 aliphatic rings. The number of imidazole rings is 1. The monoisotopic (exact) mass is 351 g/mol. The Hall–Kier alpha value is -3.28. The Bertz CT molecular complexity index is 891. The lowest BCUT2D eigenvalue weighted by Crippen LogP contribution is -2.27. The predicted octanol–water partition coefficient (Wildman–Crippen LogP) is 3.38. The Labute approximate surface area is 152 Å². The summed E-state index contributed by atoms with van der Waals surface area (Å²) in [6.07, 6.45) is 5.35. The van der Waals surface area contributed by atoms with E-state index in [2.05, 4.69) is 10.3 Å². The van der Waals surface area contributed by atoms with Crippen LogP contribution in [0.3, 0.4) is 0 Å². The minimum atomic E-state index is -0.221. The molecule has 1 heterocycles. The van der Waals surface area contributed by atoms with E-state index in [4.69, 9.17) is 9.47 Å². The molecule has 6 nitrogen and oxygen atoms in total. The number of methoxy groups -OCH3 is 2. The van der Waals surface area contributed by atoms with Gasteiger partial charge in [0.15, 0.2) is 0 Å². The Morgan fingerprint density at radius 2 is 2.00 bits per heavy atom. The molecule has 6 heteroatoms. The topological polar surface area (TPSA) is 65.4 Å². The highest BCUT2D eigenvalue weighted by Crippen LogP contribution is 2.25. The molecule has 0 aliphatic heterocycles. The fourth-order valence-corrected chi connectivity index (χ4v) is 2.72. The molecule has 0 fully saturated rings. The quantitative estimate of drug-likeness (QED) is 0.739. The molecule has 1 N–H and O–H groups in total. The van der Waals surface area contributed by atoms with Crippen LogP contribution in [-0.2, 0) is 0 Å². The Morgan fingerprint density at radius 1 is 1.15 bits per heavy atom. The Balaban J connectivity index is 1.81. The van der Waals surface area contributed by atoms with Crippen molar-refractivity contribution in [3.8, 4) is 17.2 Å². The van der Waals surface area contributed by atoms with E-state index in [1.165, 1.54) is 7.11 Å². The van der Waals surface area contributed by atoms with Crippen LogP contribution < -0.4 is 14.8 Å². The summed E-state index contributed by atoms with van der Waals surface area (Å²) >= 11 is 0. The van der Waals surface area contributed by atoms with Gasteiger partial charge in [0.05, 0.1) is 32.2 Å². The first-order valence-corrected chi connectivity index (χ1v) is 8.23. The molecule has 0 aliphatic carbocycles. The fourth-order valence-electron chi connectivity index (χ4n) is 2.72. The SMILES string of the molecule is COc1ccc(OC)c(C(=O)NC(C)c2cccc(-n3ccnc3)c2)c1. The number of hydrogen-bond acceptors (Lipinski definition) is 4. The minimum absolute atomic E-state index is 0.179. The molecule has 0 bridgehead atoms. The van der Waals surface area contributed by atoms with E-state index >= 15 is 0 Å². The molecule has 3 rings (SSSR count). The zero-order valence-electron chi connectivity index (χ0n) is 15.0. The summed E-state index contributed by atoms with van der Waals surface area (Å²) in [5, 5.41) is 3.01. The maximum Gasteiger partial charge on any atom is 0.255 e. The summed E-state index contributed by atoms with van der Waals surface area (Å²) in [6, 6.07) is 12.9. The molecule has 0 saturated heterocycles. The number of amides is 1. The van der Waals surface area contributed by atoms with E-state index in [1.807, 2.05) is 42.0 Å². The molecule has 1 unspecified atom stereocenters. The van der Waals surface area contributed by atoms with Crippen molar-refractivity contribution >= 4 is 5.91 Å². The molecule has 0 radical (unpaired) electrons. The maximum atomic E-state index is 12.7. The van der Waals surface area contributed by atoms with Crippen LogP contribution in [0.1, 0.15) is 28.9 Å². The predicted molar refractivity (Wildman–Crippen MR) is 99.0 cm³/mol. The lowest BCUT2D eigenvalue weighted by Gasteiger charge is -2.17. The van der Waals surface area contributed by atoms with Crippen molar-refractivity contribution in [2.75, 3.05) is 14.2 Å². The van der Waals surface area contributed by atoms with Gasteiger partial charge in [0, 0.05) is 18.1 Å². The highest BCUT2D eigenvalue weighted by Gasteiger charge is 2.17. The van der Waals surface area contributed by atoms with Crippen LogP contribution in [0.5, 0.6) is 11.5 Å². The van der Waals surface area contributed by atoms with Crippen molar-refractivity contribution in [3.63, 3.8) is 0 Å². The zero-order chi connectivity index (χ0) is 18.5. The molecule has 0 saturated carbocycles. The number of ether oxygens (including phenoxy) is 2. The van der Waals surface area contributed by atoms with Crippen molar-refractivity contribution < 1.29 is 14.3 Å². The summed E-state index contributed by atoms with van der Waals surface area (Å²) in [5.74, 6) is 0.884. The minimum Gasteiger partial charge on any atom is -0.497 e. The van der Waals surface area contributed by atoms with Gasteiger partial charge < -0.3 is 19.4 Å². The first-order chi connectivity index (χ1) is 12.6. The van der Waals surface area contributed by atoms with Crippen LogP contribution in [0.15, 0.2) is 61.2 Å². The van der Waals surface area contributed by atoms with Gasteiger partial charge in [-0.2, -0.15) is 0 Å². The van der Waals surface area contributed by atoms with Gasteiger partial charge in [-0.05, 0) is 42.8 Å². The Morgan fingerprint density at radius 3 is 2.69 bits per heavy atom. The summed E-state index contributed by atoms with van der Waals surface area (Å²) in [5.41, 5.74) is 2.41. The van der Waals surface area contributed by atoms with Crippen LogP contribution >= 0.6 is 0 Å². The van der Waals surface area contributed by atoms with E-state index in [9.17, 15) is 4.79 Å². The zero-order valence-corrected chi connectivity index (χ0v) is 15.0. The number of nitrogens with one attached hydrogen (secondary N) is 1. The second kappa shape index (κ2) is 7.74. The molecule has 0 spiro atoms. The van der Waals surface area contributed by atoms with Gasteiger partial charge in [-0.1, -0.05) is 12.1 Å². The lowest BCUT2D eigenvalue weighted by molar-refractivity contribution is 0.0936. The number of carbonyl (C=O) groups is 1. The van der Waals surface area contributed by atoms with Crippen LogP contribution in [-0.4, -0.2) is 29.7 Å². The van der Waals surface area contributed by atoms with Crippen LogP contribution in [0.2, 0.25) is 0 Å². The third kappa shape index (κ3) is 3.69. The number of carbonyl (C=O) groups excluding carboxylic acids is 1. The van der Waals surface area contributed by atoms with E-state index < -0.39 is 0 Å². The first kappa shape index (κ1) is 17.5. The van der Waals surface area contributed by atoms with Crippen LogP contribution in [0, 0.1) is 0 Å². The second-order valence-corrected chi connectivity index (χ2v) is 5.83. The second-order valence-electron chi connectivity index (χ2n) is 5.83. The Kier molecular flexibility index (Phi) is 5.22. The molecular formula is C20H21N3O3. The lowest BCUT2D eigenvalue weighted by atomic mass is 10.1. The first-order valence-electron chi connectivity index (χ1n) is 8.23.